The van der Waals surface area contributed by atoms with Crippen molar-refractivity contribution in [3.8, 4) is 10.6 Å². The number of thiazole rings is 1. The van der Waals surface area contributed by atoms with Crippen molar-refractivity contribution in [3.63, 3.8) is 0 Å². The van der Waals surface area contributed by atoms with Crippen molar-refractivity contribution in [2.45, 2.75) is 39.7 Å². The third-order valence-corrected chi connectivity index (χ3v) is 5.95. The highest BCUT2D eigenvalue weighted by Gasteiger charge is 2.08. The minimum absolute atomic E-state index is 0.0963. The van der Waals surface area contributed by atoms with Crippen LogP contribution in [0, 0.1) is 6.92 Å². The van der Waals surface area contributed by atoms with Gasteiger partial charge < -0.3 is 5.32 Å². The molecule has 0 saturated carbocycles. The molecule has 0 atom stereocenters. The fourth-order valence-corrected chi connectivity index (χ4v) is 4.16. The first-order valence-electron chi connectivity index (χ1n) is 8.50. The van der Waals surface area contributed by atoms with E-state index in [1.165, 1.54) is 11.1 Å². The van der Waals surface area contributed by atoms with Crippen molar-refractivity contribution in [1.29, 1.82) is 0 Å². The number of thiophene rings is 1. The highest BCUT2D eigenvalue weighted by Crippen LogP contribution is 2.28. The summed E-state index contributed by atoms with van der Waals surface area (Å²) < 4.78 is 0. The number of carbonyl (C=O) groups excluding carboxylic acids is 1. The Kier molecular flexibility index (Phi) is 6.00. The topological polar surface area (TPSA) is 42.0 Å². The molecule has 2 heterocycles. The van der Waals surface area contributed by atoms with Crippen molar-refractivity contribution in [2.24, 2.45) is 0 Å². The second-order valence-corrected chi connectivity index (χ2v) is 8.20. The molecule has 0 unspecified atom stereocenters. The van der Waals surface area contributed by atoms with E-state index in [2.05, 4.69) is 59.0 Å². The van der Waals surface area contributed by atoms with Gasteiger partial charge in [-0.05, 0) is 43.0 Å². The van der Waals surface area contributed by atoms with Crippen LogP contribution in [0.15, 0.2) is 41.8 Å². The van der Waals surface area contributed by atoms with Gasteiger partial charge in [0, 0.05) is 16.7 Å². The van der Waals surface area contributed by atoms with Crippen LogP contribution in [-0.2, 0) is 24.2 Å². The van der Waals surface area contributed by atoms with Gasteiger partial charge in [-0.15, -0.1) is 22.7 Å². The van der Waals surface area contributed by atoms with Gasteiger partial charge in [0.15, 0.2) is 0 Å². The summed E-state index contributed by atoms with van der Waals surface area (Å²) in [6.45, 7) is 4.74. The summed E-state index contributed by atoms with van der Waals surface area (Å²) in [4.78, 5) is 18.9. The van der Waals surface area contributed by atoms with E-state index < -0.39 is 0 Å². The van der Waals surface area contributed by atoms with Crippen LogP contribution in [0.25, 0.3) is 10.6 Å². The molecule has 0 spiro atoms. The smallest absolute Gasteiger partial charge is 0.220 e. The van der Waals surface area contributed by atoms with E-state index in [4.69, 9.17) is 0 Å². The monoisotopic (exact) mass is 370 g/mol. The molecule has 2 aromatic heterocycles. The molecule has 0 aliphatic heterocycles. The second-order valence-electron chi connectivity index (χ2n) is 5.96. The molecule has 3 nitrogen and oxygen atoms in total. The van der Waals surface area contributed by atoms with E-state index in [1.807, 2.05) is 6.92 Å². The van der Waals surface area contributed by atoms with Crippen LogP contribution in [-0.4, -0.2) is 10.9 Å². The van der Waals surface area contributed by atoms with Crippen LogP contribution >= 0.6 is 22.7 Å². The normalized spacial score (nSPS) is 10.8. The Morgan fingerprint density at radius 1 is 1.12 bits per heavy atom. The standard InChI is InChI=1S/C20H22N2OS2/c1-3-15-4-6-16(7-5-15)8-11-20(23)21-12-17-9-10-19(25-17)18-13-24-14(2)22-18/h4-7,9-10,13H,3,8,11-12H2,1-2H3,(H,21,23). The number of benzene rings is 1. The second kappa shape index (κ2) is 8.41. The van der Waals surface area contributed by atoms with Crippen LogP contribution in [0.1, 0.15) is 34.4 Å². The number of rotatable bonds is 7. The number of amides is 1. The zero-order valence-electron chi connectivity index (χ0n) is 14.5. The van der Waals surface area contributed by atoms with E-state index >= 15 is 0 Å². The Labute approximate surface area is 156 Å². The van der Waals surface area contributed by atoms with Crippen LogP contribution < -0.4 is 5.32 Å². The van der Waals surface area contributed by atoms with Crippen LogP contribution in [0.2, 0.25) is 0 Å². The molecule has 5 heteroatoms. The molecule has 1 aromatic carbocycles. The van der Waals surface area contributed by atoms with Crippen LogP contribution in [0.3, 0.4) is 0 Å². The Balaban J connectivity index is 1.46. The lowest BCUT2D eigenvalue weighted by Crippen LogP contribution is -2.22. The molecule has 3 aromatic rings. The number of hydrogen-bond donors (Lipinski definition) is 1. The number of nitrogens with one attached hydrogen (secondary N) is 1. The van der Waals surface area contributed by atoms with Gasteiger partial charge in [-0.25, -0.2) is 4.98 Å². The third kappa shape index (κ3) is 5.00. The summed E-state index contributed by atoms with van der Waals surface area (Å²) in [5.74, 6) is 0.0963. The Morgan fingerprint density at radius 3 is 2.56 bits per heavy atom. The SMILES string of the molecule is CCc1ccc(CCC(=O)NCc2ccc(-c3csc(C)n3)s2)cc1. The lowest BCUT2D eigenvalue weighted by atomic mass is 10.1. The van der Waals surface area contributed by atoms with Gasteiger partial charge in [-0.2, -0.15) is 0 Å². The maximum absolute atomic E-state index is 12.1. The average Bonchev–Trinajstić information content (AvgIpc) is 3.27. The van der Waals surface area contributed by atoms with E-state index in [1.54, 1.807) is 22.7 Å². The van der Waals surface area contributed by atoms with Gasteiger partial charge in [0.25, 0.3) is 0 Å². The van der Waals surface area contributed by atoms with Gasteiger partial charge in [0.2, 0.25) is 5.91 Å². The maximum Gasteiger partial charge on any atom is 0.220 e. The predicted molar refractivity (Wildman–Crippen MR) is 106 cm³/mol. The first-order valence-corrected chi connectivity index (χ1v) is 10.2. The number of aromatic nitrogens is 1. The lowest BCUT2D eigenvalue weighted by Gasteiger charge is -2.05. The molecule has 3 rings (SSSR count). The largest absolute Gasteiger partial charge is 0.351 e. The highest BCUT2D eigenvalue weighted by molar-refractivity contribution is 7.16. The van der Waals surface area contributed by atoms with Crippen molar-refractivity contribution in [1.82, 2.24) is 10.3 Å². The quantitative estimate of drug-likeness (QED) is 0.636. The zero-order valence-corrected chi connectivity index (χ0v) is 16.2. The number of hydrogen-bond acceptors (Lipinski definition) is 4. The predicted octanol–water partition coefficient (Wildman–Crippen LogP) is 4.99. The first kappa shape index (κ1) is 17.8. The van der Waals surface area contributed by atoms with Crippen molar-refractivity contribution < 1.29 is 4.79 Å². The molecule has 0 aliphatic carbocycles. The highest BCUT2D eigenvalue weighted by atomic mass is 32.1. The van der Waals surface area contributed by atoms with Gasteiger partial charge in [-0.3, -0.25) is 4.79 Å². The number of aryl methyl sites for hydroxylation is 3. The third-order valence-electron chi connectivity index (χ3n) is 4.06. The maximum atomic E-state index is 12.1. The summed E-state index contributed by atoms with van der Waals surface area (Å²) >= 11 is 3.35. The summed E-state index contributed by atoms with van der Waals surface area (Å²) in [7, 11) is 0. The van der Waals surface area contributed by atoms with Gasteiger partial charge in [0.05, 0.1) is 22.1 Å². The van der Waals surface area contributed by atoms with E-state index in [0.29, 0.717) is 13.0 Å². The molecule has 0 fully saturated rings. The molecule has 1 amide bonds. The fourth-order valence-electron chi connectivity index (χ4n) is 2.56. The Bertz CT molecular complexity index is 834. The van der Waals surface area contributed by atoms with Gasteiger partial charge in [0.1, 0.15) is 0 Å². The summed E-state index contributed by atoms with van der Waals surface area (Å²) in [6, 6.07) is 12.7. The van der Waals surface area contributed by atoms with E-state index in [-0.39, 0.29) is 5.91 Å². The van der Waals surface area contributed by atoms with Gasteiger partial charge >= 0.3 is 0 Å². The molecule has 1 N–H and O–H groups in total. The summed E-state index contributed by atoms with van der Waals surface area (Å²) in [5.41, 5.74) is 3.57. The molecule has 0 radical (unpaired) electrons. The molecular formula is C20H22N2OS2. The summed E-state index contributed by atoms with van der Waals surface area (Å²) in [5, 5.41) is 6.17. The molecule has 130 valence electrons. The van der Waals surface area contributed by atoms with Crippen LogP contribution in [0.5, 0.6) is 0 Å². The Morgan fingerprint density at radius 2 is 1.88 bits per heavy atom. The molecule has 0 saturated heterocycles. The molecular weight excluding hydrogens is 348 g/mol. The summed E-state index contributed by atoms with van der Waals surface area (Å²) in [6.07, 6.45) is 2.35. The first-order chi connectivity index (χ1) is 12.1. The molecule has 0 aliphatic rings. The molecule has 0 bridgehead atoms. The Hall–Kier alpha value is -1.98. The lowest BCUT2D eigenvalue weighted by molar-refractivity contribution is -0.121. The van der Waals surface area contributed by atoms with E-state index in [0.717, 1.165) is 33.3 Å². The number of carbonyl (C=O) groups is 1. The fraction of sp³-hybridized carbons (Fsp3) is 0.300. The average molecular weight is 371 g/mol. The molecule has 25 heavy (non-hydrogen) atoms. The van der Waals surface area contributed by atoms with Crippen molar-refractivity contribution in [3.05, 3.63) is 62.8 Å². The van der Waals surface area contributed by atoms with Crippen molar-refractivity contribution >= 4 is 28.6 Å². The van der Waals surface area contributed by atoms with Crippen molar-refractivity contribution in [2.75, 3.05) is 0 Å². The number of nitrogens with zero attached hydrogens (tertiary/aromatic N) is 1. The minimum atomic E-state index is 0.0963. The zero-order chi connectivity index (χ0) is 17.6. The van der Waals surface area contributed by atoms with E-state index in [9.17, 15) is 4.79 Å². The van der Waals surface area contributed by atoms with Crippen LogP contribution in [0.4, 0.5) is 0 Å². The minimum Gasteiger partial charge on any atom is -0.351 e. The van der Waals surface area contributed by atoms with Gasteiger partial charge in [-0.1, -0.05) is 31.2 Å².